The van der Waals surface area contributed by atoms with Crippen molar-refractivity contribution < 1.29 is 5.11 Å². The standard InChI is InChI=1S/C16H22N2OS/c1-13(11-19)6-5-9-17-10-16-18-15(12-20-16)14-7-3-2-4-8-14/h2-4,7-8,12-13,17,19H,5-6,9-11H2,1H3. The summed E-state index contributed by atoms with van der Waals surface area (Å²) >= 11 is 1.70. The third-order valence-electron chi connectivity index (χ3n) is 3.26. The Morgan fingerprint density at radius 3 is 2.85 bits per heavy atom. The minimum absolute atomic E-state index is 0.285. The number of hydrogen-bond acceptors (Lipinski definition) is 4. The van der Waals surface area contributed by atoms with E-state index in [0.717, 1.165) is 36.6 Å². The smallest absolute Gasteiger partial charge is 0.107 e. The third kappa shape index (κ3) is 4.71. The summed E-state index contributed by atoms with van der Waals surface area (Å²) < 4.78 is 0. The summed E-state index contributed by atoms with van der Waals surface area (Å²) in [7, 11) is 0. The lowest BCUT2D eigenvalue weighted by Crippen LogP contribution is -2.15. The first kappa shape index (κ1) is 15.2. The monoisotopic (exact) mass is 290 g/mol. The van der Waals surface area contributed by atoms with Crippen molar-refractivity contribution in [2.24, 2.45) is 5.92 Å². The Morgan fingerprint density at radius 1 is 1.30 bits per heavy atom. The molecule has 0 aliphatic carbocycles. The fraction of sp³-hybridized carbons (Fsp3) is 0.438. The number of nitrogens with one attached hydrogen (secondary N) is 1. The first-order valence-corrected chi connectivity index (χ1v) is 7.99. The summed E-state index contributed by atoms with van der Waals surface area (Å²) in [5.41, 5.74) is 2.23. The van der Waals surface area contributed by atoms with Gasteiger partial charge in [-0.05, 0) is 25.3 Å². The van der Waals surface area contributed by atoms with Crippen molar-refractivity contribution in [3.05, 3.63) is 40.7 Å². The Morgan fingerprint density at radius 2 is 2.10 bits per heavy atom. The van der Waals surface area contributed by atoms with E-state index in [2.05, 4.69) is 34.7 Å². The van der Waals surface area contributed by atoms with Crippen LogP contribution in [0.3, 0.4) is 0 Å². The number of aliphatic hydroxyl groups excluding tert-OH is 1. The van der Waals surface area contributed by atoms with Gasteiger partial charge in [0.05, 0.1) is 5.69 Å². The molecule has 0 aliphatic heterocycles. The molecule has 0 amide bonds. The Kier molecular flexibility index (Phi) is 6.18. The fourth-order valence-electron chi connectivity index (χ4n) is 2.00. The molecule has 20 heavy (non-hydrogen) atoms. The van der Waals surface area contributed by atoms with Crippen LogP contribution in [0.25, 0.3) is 11.3 Å². The van der Waals surface area contributed by atoms with E-state index in [-0.39, 0.29) is 6.61 Å². The van der Waals surface area contributed by atoms with E-state index in [4.69, 9.17) is 5.11 Å². The molecule has 0 saturated heterocycles. The van der Waals surface area contributed by atoms with E-state index in [9.17, 15) is 0 Å². The minimum atomic E-state index is 0.285. The van der Waals surface area contributed by atoms with Crippen LogP contribution in [0.2, 0.25) is 0 Å². The van der Waals surface area contributed by atoms with Crippen molar-refractivity contribution in [3.63, 3.8) is 0 Å². The number of benzene rings is 1. The van der Waals surface area contributed by atoms with Crippen LogP contribution in [-0.2, 0) is 6.54 Å². The fourth-order valence-corrected chi connectivity index (χ4v) is 2.77. The quantitative estimate of drug-likeness (QED) is 0.733. The normalized spacial score (nSPS) is 12.5. The van der Waals surface area contributed by atoms with Crippen LogP contribution in [0.1, 0.15) is 24.8 Å². The molecule has 0 bridgehead atoms. The van der Waals surface area contributed by atoms with Crippen molar-refractivity contribution in [1.29, 1.82) is 0 Å². The molecule has 2 N–H and O–H groups in total. The average Bonchev–Trinajstić information content (AvgIpc) is 2.96. The van der Waals surface area contributed by atoms with Crippen LogP contribution in [0, 0.1) is 5.92 Å². The van der Waals surface area contributed by atoms with Crippen LogP contribution in [-0.4, -0.2) is 23.2 Å². The van der Waals surface area contributed by atoms with Gasteiger partial charge in [0, 0.05) is 24.1 Å². The molecular formula is C16H22N2OS. The summed E-state index contributed by atoms with van der Waals surface area (Å²) in [4.78, 5) is 4.65. The number of rotatable bonds is 8. The van der Waals surface area contributed by atoms with E-state index < -0.39 is 0 Å². The molecule has 0 aliphatic rings. The number of thiazole rings is 1. The summed E-state index contributed by atoms with van der Waals surface area (Å²) in [6.45, 7) is 4.16. The van der Waals surface area contributed by atoms with Crippen molar-refractivity contribution in [2.45, 2.75) is 26.3 Å². The molecule has 0 radical (unpaired) electrons. The summed E-state index contributed by atoms with van der Waals surface area (Å²) in [5, 5.41) is 15.6. The highest BCUT2D eigenvalue weighted by Gasteiger charge is 2.04. The molecule has 0 fully saturated rings. The average molecular weight is 290 g/mol. The second-order valence-corrected chi connectivity index (χ2v) is 6.04. The second-order valence-electron chi connectivity index (χ2n) is 5.10. The van der Waals surface area contributed by atoms with Gasteiger partial charge in [0.25, 0.3) is 0 Å². The first-order valence-electron chi connectivity index (χ1n) is 7.11. The zero-order valence-electron chi connectivity index (χ0n) is 11.9. The highest BCUT2D eigenvalue weighted by Crippen LogP contribution is 2.21. The van der Waals surface area contributed by atoms with Crippen LogP contribution in [0.15, 0.2) is 35.7 Å². The maximum Gasteiger partial charge on any atom is 0.107 e. The van der Waals surface area contributed by atoms with Gasteiger partial charge in [0.2, 0.25) is 0 Å². The van der Waals surface area contributed by atoms with Gasteiger partial charge < -0.3 is 10.4 Å². The third-order valence-corrected chi connectivity index (χ3v) is 4.11. The van der Waals surface area contributed by atoms with Gasteiger partial charge in [0.1, 0.15) is 5.01 Å². The van der Waals surface area contributed by atoms with Crippen LogP contribution in [0.4, 0.5) is 0 Å². The number of hydrogen-bond donors (Lipinski definition) is 2. The minimum Gasteiger partial charge on any atom is -0.396 e. The zero-order chi connectivity index (χ0) is 14.2. The molecule has 1 aromatic carbocycles. The molecule has 1 unspecified atom stereocenters. The Hall–Kier alpha value is -1.23. The molecule has 0 spiro atoms. The largest absolute Gasteiger partial charge is 0.396 e. The van der Waals surface area contributed by atoms with Crippen LogP contribution in [0.5, 0.6) is 0 Å². The number of aromatic nitrogens is 1. The predicted molar refractivity (Wildman–Crippen MR) is 84.7 cm³/mol. The maximum absolute atomic E-state index is 8.95. The van der Waals surface area contributed by atoms with Gasteiger partial charge in [-0.15, -0.1) is 11.3 Å². The Bertz CT molecular complexity index is 498. The van der Waals surface area contributed by atoms with Gasteiger partial charge in [-0.1, -0.05) is 37.3 Å². The SMILES string of the molecule is CC(CO)CCCNCc1nc(-c2ccccc2)cs1. The van der Waals surface area contributed by atoms with Gasteiger partial charge in [0.15, 0.2) is 0 Å². The molecule has 1 heterocycles. The molecule has 0 saturated carbocycles. The summed E-state index contributed by atoms with van der Waals surface area (Å²) in [5.74, 6) is 0.404. The molecule has 1 aromatic heterocycles. The second kappa shape index (κ2) is 8.15. The van der Waals surface area contributed by atoms with Crippen molar-refractivity contribution in [1.82, 2.24) is 10.3 Å². The van der Waals surface area contributed by atoms with Crippen molar-refractivity contribution >= 4 is 11.3 Å². The van der Waals surface area contributed by atoms with Gasteiger partial charge in [-0.25, -0.2) is 4.98 Å². The molecule has 108 valence electrons. The lowest BCUT2D eigenvalue weighted by atomic mass is 10.1. The van der Waals surface area contributed by atoms with Crippen LogP contribution < -0.4 is 5.32 Å². The summed E-state index contributed by atoms with van der Waals surface area (Å²) in [6, 6.07) is 10.3. The van der Waals surface area contributed by atoms with E-state index >= 15 is 0 Å². The van der Waals surface area contributed by atoms with E-state index in [1.54, 1.807) is 11.3 Å². The molecule has 1 atom stereocenters. The summed E-state index contributed by atoms with van der Waals surface area (Å²) in [6.07, 6.45) is 2.16. The Labute approximate surface area is 124 Å². The van der Waals surface area contributed by atoms with E-state index in [0.29, 0.717) is 5.92 Å². The predicted octanol–water partition coefficient (Wildman–Crippen LogP) is 3.31. The Balaban J connectivity index is 1.74. The van der Waals surface area contributed by atoms with Gasteiger partial charge >= 0.3 is 0 Å². The van der Waals surface area contributed by atoms with Crippen molar-refractivity contribution in [2.75, 3.05) is 13.2 Å². The lowest BCUT2D eigenvalue weighted by molar-refractivity contribution is 0.228. The zero-order valence-corrected chi connectivity index (χ0v) is 12.7. The first-order chi connectivity index (χ1) is 9.79. The number of nitrogens with zero attached hydrogens (tertiary/aromatic N) is 1. The van der Waals surface area contributed by atoms with Crippen LogP contribution >= 0.6 is 11.3 Å². The van der Waals surface area contributed by atoms with E-state index in [1.807, 2.05) is 18.2 Å². The molecule has 4 heteroatoms. The molecule has 2 aromatic rings. The molecular weight excluding hydrogens is 268 g/mol. The molecule has 3 nitrogen and oxygen atoms in total. The van der Waals surface area contributed by atoms with Gasteiger partial charge in [-0.2, -0.15) is 0 Å². The van der Waals surface area contributed by atoms with Gasteiger partial charge in [-0.3, -0.25) is 0 Å². The lowest BCUT2D eigenvalue weighted by Gasteiger charge is -2.07. The highest BCUT2D eigenvalue weighted by molar-refractivity contribution is 7.09. The number of aliphatic hydroxyl groups is 1. The topological polar surface area (TPSA) is 45.1 Å². The van der Waals surface area contributed by atoms with Crippen molar-refractivity contribution in [3.8, 4) is 11.3 Å². The van der Waals surface area contributed by atoms with E-state index in [1.165, 1.54) is 5.56 Å². The highest BCUT2D eigenvalue weighted by atomic mass is 32.1. The molecule has 2 rings (SSSR count). The maximum atomic E-state index is 8.95.